The Morgan fingerprint density at radius 1 is 1.33 bits per heavy atom. The van der Waals surface area contributed by atoms with Crippen molar-refractivity contribution in [2.75, 3.05) is 13.6 Å². The normalized spacial score (nSPS) is 10.9. The molecule has 1 N–H and O–H groups in total. The van der Waals surface area contributed by atoms with Gasteiger partial charge in [-0.25, -0.2) is 4.39 Å². The van der Waals surface area contributed by atoms with Gasteiger partial charge in [0.05, 0.1) is 0 Å². The van der Waals surface area contributed by atoms with Crippen LogP contribution in [0.4, 0.5) is 4.39 Å². The SMILES string of the molecule is CNCC(C)(C)Cc1cccc(F)c1.Cl. The second-order valence-corrected chi connectivity index (χ2v) is 4.50. The number of halogens is 2. The second-order valence-electron chi connectivity index (χ2n) is 4.50. The fourth-order valence-electron chi connectivity index (χ4n) is 1.74. The smallest absolute Gasteiger partial charge is 0.123 e. The Hall–Kier alpha value is -0.600. The number of rotatable bonds is 4. The molecule has 0 bridgehead atoms. The minimum absolute atomic E-state index is 0. The Bertz CT molecular complexity index is 299. The number of hydrogen-bond donors (Lipinski definition) is 1. The van der Waals surface area contributed by atoms with Gasteiger partial charge in [-0.2, -0.15) is 0 Å². The minimum Gasteiger partial charge on any atom is -0.319 e. The molecule has 0 amide bonds. The van der Waals surface area contributed by atoms with Crippen molar-refractivity contribution in [2.45, 2.75) is 20.3 Å². The third-order valence-electron chi connectivity index (χ3n) is 2.23. The van der Waals surface area contributed by atoms with Crippen LogP contribution in [-0.2, 0) is 6.42 Å². The highest BCUT2D eigenvalue weighted by Crippen LogP contribution is 2.21. The van der Waals surface area contributed by atoms with E-state index in [0.29, 0.717) is 0 Å². The molecule has 3 heteroatoms. The van der Waals surface area contributed by atoms with Gasteiger partial charge in [-0.1, -0.05) is 26.0 Å². The van der Waals surface area contributed by atoms with Gasteiger partial charge in [-0.3, -0.25) is 0 Å². The Morgan fingerprint density at radius 3 is 2.53 bits per heavy atom. The molecule has 0 heterocycles. The third-order valence-corrected chi connectivity index (χ3v) is 2.23. The molecule has 0 radical (unpaired) electrons. The van der Waals surface area contributed by atoms with Crippen molar-refractivity contribution in [2.24, 2.45) is 5.41 Å². The van der Waals surface area contributed by atoms with E-state index in [1.165, 1.54) is 6.07 Å². The molecule has 0 atom stereocenters. The lowest BCUT2D eigenvalue weighted by Gasteiger charge is -2.24. The van der Waals surface area contributed by atoms with Crippen LogP contribution < -0.4 is 5.32 Å². The lowest BCUT2D eigenvalue weighted by molar-refractivity contribution is 0.349. The van der Waals surface area contributed by atoms with Crippen molar-refractivity contribution in [1.82, 2.24) is 5.32 Å². The van der Waals surface area contributed by atoms with Gasteiger partial charge in [-0.15, -0.1) is 12.4 Å². The average molecular weight is 232 g/mol. The van der Waals surface area contributed by atoms with Gasteiger partial charge in [0.25, 0.3) is 0 Å². The first-order valence-corrected chi connectivity index (χ1v) is 4.92. The maximum absolute atomic E-state index is 12.9. The Kier molecular flexibility index (Phi) is 5.84. The summed E-state index contributed by atoms with van der Waals surface area (Å²) in [6.07, 6.45) is 0.894. The molecule has 1 aromatic rings. The van der Waals surface area contributed by atoms with Crippen LogP contribution in [0, 0.1) is 11.2 Å². The van der Waals surface area contributed by atoms with E-state index in [-0.39, 0.29) is 23.6 Å². The Balaban J connectivity index is 0.00000196. The Labute approximate surface area is 97.5 Å². The van der Waals surface area contributed by atoms with Crippen molar-refractivity contribution in [1.29, 1.82) is 0 Å². The monoisotopic (exact) mass is 231 g/mol. The van der Waals surface area contributed by atoms with Crippen LogP contribution in [0.3, 0.4) is 0 Å². The van der Waals surface area contributed by atoms with Gasteiger partial charge in [0, 0.05) is 6.54 Å². The molecule has 86 valence electrons. The lowest BCUT2D eigenvalue weighted by atomic mass is 9.86. The summed E-state index contributed by atoms with van der Waals surface area (Å²) in [5.74, 6) is -0.150. The van der Waals surface area contributed by atoms with E-state index in [4.69, 9.17) is 0 Å². The van der Waals surface area contributed by atoms with E-state index in [2.05, 4.69) is 19.2 Å². The highest BCUT2D eigenvalue weighted by molar-refractivity contribution is 5.85. The summed E-state index contributed by atoms with van der Waals surface area (Å²) in [6.45, 7) is 5.28. The molecular formula is C12H19ClFN. The zero-order valence-corrected chi connectivity index (χ0v) is 10.3. The van der Waals surface area contributed by atoms with Crippen molar-refractivity contribution in [3.8, 4) is 0 Å². The summed E-state index contributed by atoms with van der Waals surface area (Å²) >= 11 is 0. The molecule has 15 heavy (non-hydrogen) atoms. The molecule has 0 aliphatic carbocycles. The van der Waals surface area contributed by atoms with Gasteiger partial charge < -0.3 is 5.32 Å². The molecule has 0 unspecified atom stereocenters. The van der Waals surface area contributed by atoms with Crippen LogP contribution in [0.2, 0.25) is 0 Å². The molecule has 1 rings (SSSR count). The minimum atomic E-state index is -0.150. The number of hydrogen-bond acceptors (Lipinski definition) is 1. The molecular weight excluding hydrogens is 213 g/mol. The van der Waals surface area contributed by atoms with Gasteiger partial charge in [0.15, 0.2) is 0 Å². The number of benzene rings is 1. The molecule has 0 saturated heterocycles. The molecule has 0 aliphatic rings. The fraction of sp³-hybridized carbons (Fsp3) is 0.500. The zero-order chi connectivity index (χ0) is 10.6. The standard InChI is InChI=1S/C12H18FN.ClH/c1-12(2,9-14-3)8-10-5-4-6-11(13)7-10;/h4-7,14H,8-9H2,1-3H3;1H. The first-order valence-electron chi connectivity index (χ1n) is 4.92. The summed E-state index contributed by atoms with van der Waals surface area (Å²) in [5, 5.41) is 3.15. The van der Waals surface area contributed by atoms with E-state index >= 15 is 0 Å². The summed E-state index contributed by atoms with van der Waals surface area (Å²) in [4.78, 5) is 0. The molecule has 1 nitrogen and oxygen atoms in total. The average Bonchev–Trinajstić information content (AvgIpc) is 2.02. The van der Waals surface area contributed by atoms with Crippen molar-refractivity contribution >= 4 is 12.4 Å². The highest BCUT2D eigenvalue weighted by Gasteiger charge is 2.17. The van der Waals surface area contributed by atoms with Crippen molar-refractivity contribution in [3.05, 3.63) is 35.6 Å². The van der Waals surface area contributed by atoms with Gasteiger partial charge in [0.1, 0.15) is 5.82 Å². The predicted molar refractivity (Wildman–Crippen MR) is 65.1 cm³/mol. The molecule has 0 saturated carbocycles. The largest absolute Gasteiger partial charge is 0.319 e. The molecule has 0 aliphatic heterocycles. The number of nitrogens with one attached hydrogen (secondary N) is 1. The van der Waals surface area contributed by atoms with Crippen molar-refractivity contribution in [3.63, 3.8) is 0 Å². The third kappa shape index (κ3) is 5.14. The van der Waals surface area contributed by atoms with Gasteiger partial charge in [0.2, 0.25) is 0 Å². The van der Waals surface area contributed by atoms with Crippen LogP contribution in [0.5, 0.6) is 0 Å². The Morgan fingerprint density at radius 2 is 2.00 bits per heavy atom. The predicted octanol–water partition coefficient (Wildman–Crippen LogP) is 3.04. The molecule has 0 spiro atoms. The summed E-state index contributed by atoms with van der Waals surface area (Å²) in [6, 6.07) is 6.83. The molecule has 1 aromatic carbocycles. The van der Waals surface area contributed by atoms with Crippen LogP contribution >= 0.6 is 12.4 Å². The van der Waals surface area contributed by atoms with Crippen molar-refractivity contribution < 1.29 is 4.39 Å². The zero-order valence-electron chi connectivity index (χ0n) is 9.51. The summed E-state index contributed by atoms with van der Waals surface area (Å²) < 4.78 is 12.9. The van der Waals surface area contributed by atoms with E-state index in [9.17, 15) is 4.39 Å². The van der Waals surface area contributed by atoms with E-state index in [1.54, 1.807) is 12.1 Å². The van der Waals surface area contributed by atoms with Gasteiger partial charge >= 0.3 is 0 Å². The molecule has 0 aromatic heterocycles. The topological polar surface area (TPSA) is 12.0 Å². The van der Waals surface area contributed by atoms with Gasteiger partial charge in [-0.05, 0) is 36.6 Å². The fourth-order valence-corrected chi connectivity index (χ4v) is 1.74. The first kappa shape index (κ1) is 14.4. The van der Waals surface area contributed by atoms with Crippen LogP contribution in [-0.4, -0.2) is 13.6 Å². The molecule has 0 fully saturated rings. The van der Waals surface area contributed by atoms with E-state index in [1.807, 2.05) is 13.1 Å². The maximum Gasteiger partial charge on any atom is 0.123 e. The van der Waals surface area contributed by atoms with Crippen LogP contribution in [0.25, 0.3) is 0 Å². The van der Waals surface area contributed by atoms with E-state index < -0.39 is 0 Å². The highest BCUT2D eigenvalue weighted by atomic mass is 35.5. The van der Waals surface area contributed by atoms with Crippen LogP contribution in [0.15, 0.2) is 24.3 Å². The maximum atomic E-state index is 12.9. The summed E-state index contributed by atoms with van der Waals surface area (Å²) in [7, 11) is 1.94. The quantitative estimate of drug-likeness (QED) is 0.840. The van der Waals surface area contributed by atoms with E-state index in [0.717, 1.165) is 18.5 Å². The second kappa shape index (κ2) is 6.09. The summed E-state index contributed by atoms with van der Waals surface area (Å²) in [5.41, 5.74) is 1.23. The van der Waals surface area contributed by atoms with Crippen LogP contribution in [0.1, 0.15) is 19.4 Å². The first-order chi connectivity index (χ1) is 6.53. The lowest BCUT2D eigenvalue weighted by Crippen LogP contribution is -2.28.